The maximum atomic E-state index is 12.4. The van der Waals surface area contributed by atoms with Gasteiger partial charge in [-0.15, -0.1) is 0 Å². The number of carbonyl (C=O) groups is 1. The Morgan fingerprint density at radius 2 is 2.21 bits per heavy atom. The van der Waals surface area contributed by atoms with Gasteiger partial charge in [-0.05, 0) is 30.3 Å². The molecule has 126 valence electrons. The second-order valence-electron chi connectivity index (χ2n) is 5.24. The van der Waals surface area contributed by atoms with Crippen LogP contribution >= 0.6 is 11.6 Å². The molecule has 0 spiro atoms. The first-order valence-electron chi connectivity index (χ1n) is 6.99. The SMILES string of the molecule is CS(=O)(=O)N1C[C@H](C(=O)Nc2cccnc2)Oc2ccc(Cl)cc21. The van der Waals surface area contributed by atoms with Gasteiger partial charge in [0.05, 0.1) is 30.4 Å². The van der Waals surface area contributed by atoms with Crippen molar-refractivity contribution >= 4 is 38.9 Å². The van der Waals surface area contributed by atoms with Gasteiger partial charge in [-0.1, -0.05) is 11.6 Å². The number of aromatic nitrogens is 1. The summed E-state index contributed by atoms with van der Waals surface area (Å²) in [6.45, 7) is -0.141. The van der Waals surface area contributed by atoms with Crippen LogP contribution in [0.25, 0.3) is 0 Å². The molecule has 1 aromatic heterocycles. The smallest absolute Gasteiger partial charge is 0.267 e. The summed E-state index contributed by atoms with van der Waals surface area (Å²) in [7, 11) is -3.59. The average Bonchev–Trinajstić information content (AvgIpc) is 2.53. The molecule has 1 aliphatic heterocycles. The summed E-state index contributed by atoms with van der Waals surface area (Å²) in [4.78, 5) is 16.3. The summed E-state index contributed by atoms with van der Waals surface area (Å²) in [6, 6.07) is 7.96. The Hall–Kier alpha value is -2.32. The van der Waals surface area contributed by atoms with Gasteiger partial charge in [0.1, 0.15) is 5.75 Å². The summed E-state index contributed by atoms with van der Waals surface area (Å²) >= 11 is 5.94. The number of fused-ring (bicyclic) bond motifs is 1. The fraction of sp³-hybridized carbons (Fsp3) is 0.200. The number of ether oxygens (including phenoxy) is 1. The molecule has 0 fully saturated rings. The third-order valence-corrected chi connectivity index (χ3v) is 4.79. The van der Waals surface area contributed by atoms with E-state index >= 15 is 0 Å². The van der Waals surface area contributed by atoms with Crippen LogP contribution in [-0.4, -0.2) is 38.2 Å². The molecule has 24 heavy (non-hydrogen) atoms. The van der Waals surface area contributed by atoms with Crippen molar-refractivity contribution in [3.63, 3.8) is 0 Å². The third-order valence-electron chi connectivity index (χ3n) is 3.41. The molecule has 1 amide bonds. The molecule has 1 atom stereocenters. The first-order chi connectivity index (χ1) is 11.3. The number of hydrogen-bond donors (Lipinski definition) is 1. The molecule has 0 radical (unpaired) electrons. The van der Waals surface area contributed by atoms with Crippen molar-refractivity contribution in [3.8, 4) is 5.75 Å². The van der Waals surface area contributed by atoms with Crippen molar-refractivity contribution in [2.24, 2.45) is 0 Å². The van der Waals surface area contributed by atoms with Crippen LogP contribution < -0.4 is 14.4 Å². The number of amides is 1. The Labute approximate surface area is 144 Å². The highest BCUT2D eigenvalue weighted by atomic mass is 35.5. The molecule has 9 heteroatoms. The second-order valence-corrected chi connectivity index (χ2v) is 7.59. The van der Waals surface area contributed by atoms with Gasteiger partial charge in [0.2, 0.25) is 10.0 Å². The van der Waals surface area contributed by atoms with Gasteiger partial charge >= 0.3 is 0 Å². The van der Waals surface area contributed by atoms with Crippen LogP contribution in [0.1, 0.15) is 0 Å². The summed E-state index contributed by atoms with van der Waals surface area (Å²) in [5.74, 6) is -0.181. The number of sulfonamides is 1. The van der Waals surface area contributed by atoms with Crippen molar-refractivity contribution in [1.82, 2.24) is 4.98 Å². The van der Waals surface area contributed by atoms with E-state index in [2.05, 4.69) is 10.3 Å². The highest BCUT2D eigenvalue weighted by Crippen LogP contribution is 2.37. The van der Waals surface area contributed by atoms with Gasteiger partial charge in [-0.3, -0.25) is 14.1 Å². The van der Waals surface area contributed by atoms with Gasteiger partial charge in [0.15, 0.2) is 6.10 Å². The van der Waals surface area contributed by atoms with Crippen molar-refractivity contribution in [1.29, 1.82) is 0 Å². The van der Waals surface area contributed by atoms with Crippen molar-refractivity contribution in [2.75, 3.05) is 22.4 Å². The largest absolute Gasteiger partial charge is 0.476 e. The topological polar surface area (TPSA) is 88.6 Å². The summed E-state index contributed by atoms with van der Waals surface area (Å²) in [6.07, 6.45) is 3.15. The lowest BCUT2D eigenvalue weighted by atomic mass is 10.2. The van der Waals surface area contributed by atoms with Gasteiger partial charge in [-0.25, -0.2) is 8.42 Å². The van der Waals surface area contributed by atoms with Crippen molar-refractivity contribution in [3.05, 3.63) is 47.7 Å². The summed E-state index contributed by atoms with van der Waals surface area (Å²) < 4.78 is 30.9. The Balaban J connectivity index is 1.89. The van der Waals surface area contributed by atoms with Crippen molar-refractivity contribution in [2.45, 2.75) is 6.10 Å². The predicted molar refractivity (Wildman–Crippen MR) is 90.9 cm³/mol. The molecule has 7 nitrogen and oxygen atoms in total. The van der Waals surface area contributed by atoms with Crippen LogP contribution in [0.5, 0.6) is 5.75 Å². The number of nitrogens with one attached hydrogen (secondary N) is 1. The lowest BCUT2D eigenvalue weighted by Crippen LogP contribution is -2.48. The number of hydrogen-bond acceptors (Lipinski definition) is 5. The summed E-state index contributed by atoms with van der Waals surface area (Å²) in [5.41, 5.74) is 0.814. The van der Waals surface area contributed by atoms with E-state index < -0.39 is 22.0 Å². The van der Waals surface area contributed by atoms with Crippen LogP contribution in [0.3, 0.4) is 0 Å². The van der Waals surface area contributed by atoms with E-state index in [1.54, 1.807) is 30.5 Å². The van der Waals surface area contributed by atoms with Crippen LogP contribution in [0, 0.1) is 0 Å². The zero-order valence-electron chi connectivity index (χ0n) is 12.6. The van der Waals surface area contributed by atoms with Crippen LogP contribution in [0.15, 0.2) is 42.7 Å². The van der Waals surface area contributed by atoms with Gasteiger partial charge < -0.3 is 10.1 Å². The van der Waals surface area contributed by atoms with E-state index in [1.807, 2.05) is 0 Å². The molecule has 1 N–H and O–H groups in total. The normalized spacial score (nSPS) is 16.9. The molecule has 2 aromatic rings. The molecule has 0 saturated heterocycles. The molecular formula is C15H14ClN3O4S. The summed E-state index contributed by atoms with van der Waals surface area (Å²) in [5, 5.41) is 3.03. The zero-order chi connectivity index (χ0) is 17.3. The van der Waals surface area contributed by atoms with E-state index in [4.69, 9.17) is 16.3 Å². The minimum atomic E-state index is -3.59. The lowest BCUT2D eigenvalue weighted by molar-refractivity contribution is -0.122. The highest BCUT2D eigenvalue weighted by Gasteiger charge is 2.35. The molecule has 0 saturated carbocycles. The van der Waals surface area contributed by atoms with Crippen LogP contribution in [-0.2, 0) is 14.8 Å². The Morgan fingerprint density at radius 1 is 1.42 bits per heavy atom. The number of rotatable bonds is 3. The van der Waals surface area contributed by atoms with E-state index in [0.717, 1.165) is 10.6 Å². The number of pyridine rings is 1. The first-order valence-corrected chi connectivity index (χ1v) is 9.22. The third kappa shape index (κ3) is 3.44. The van der Waals surface area contributed by atoms with E-state index in [1.165, 1.54) is 12.3 Å². The fourth-order valence-electron chi connectivity index (χ4n) is 2.33. The highest BCUT2D eigenvalue weighted by molar-refractivity contribution is 7.92. The predicted octanol–water partition coefficient (Wildman–Crippen LogP) is 1.90. The standard InChI is InChI=1S/C15H14ClN3O4S/c1-24(21,22)19-9-14(15(20)18-11-3-2-6-17-8-11)23-13-5-4-10(16)7-12(13)19/h2-8,14H,9H2,1H3,(H,18,20)/t14-/m1/s1. The number of carbonyl (C=O) groups excluding carboxylic acids is 1. The number of halogens is 1. The quantitative estimate of drug-likeness (QED) is 0.895. The molecular weight excluding hydrogens is 354 g/mol. The number of benzene rings is 1. The maximum absolute atomic E-state index is 12.4. The molecule has 0 bridgehead atoms. The van der Waals surface area contributed by atoms with Crippen molar-refractivity contribution < 1.29 is 17.9 Å². The fourth-order valence-corrected chi connectivity index (χ4v) is 3.41. The average molecular weight is 368 g/mol. The monoisotopic (exact) mass is 367 g/mol. The van der Waals surface area contributed by atoms with E-state index in [9.17, 15) is 13.2 Å². The minimum Gasteiger partial charge on any atom is -0.476 e. The molecule has 0 unspecified atom stereocenters. The number of nitrogens with zero attached hydrogens (tertiary/aromatic N) is 2. The van der Waals surface area contributed by atoms with Gasteiger partial charge in [0.25, 0.3) is 5.91 Å². The molecule has 1 aliphatic rings. The first kappa shape index (κ1) is 16.5. The molecule has 1 aromatic carbocycles. The van der Waals surface area contributed by atoms with E-state index in [0.29, 0.717) is 16.4 Å². The van der Waals surface area contributed by atoms with Gasteiger partial charge in [-0.2, -0.15) is 0 Å². The van der Waals surface area contributed by atoms with Gasteiger partial charge in [0, 0.05) is 11.2 Å². The molecule has 3 rings (SSSR count). The van der Waals surface area contributed by atoms with E-state index in [-0.39, 0.29) is 12.3 Å². The molecule has 2 heterocycles. The molecule has 0 aliphatic carbocycles. The number of anilines is 2. The van der Waals surface area contributed by atoms with Crippen LogP contribution in [0.4, 0.5) is 11.4 Å². The minimum absolute atomic E-state index is 0.141. The maximum Gasteiger partial charge on any atom is 0.267 e. The lowest BCUT2D eigenvalue weighted by Gasteiger charge is -2.34. The Morgan fingerprint density at radius 3 is 2.88 bits per heavy atom. The zero-order valence-corrected chi connectivity index (χ0v) is 14.2. The Kier molecular flexibility index (Phi) is 4.33. The second kappa shape index (κ2) is 6.29. The Bertz CT molecular complexity index is 874. The van der Waals surface area contributed by atoms with Crippen LogP contribution in [0.2, 0.25) is 5.02 Å².